The maximum absolute atomic E-state index is 14.0. The summed E-state index contributed by atoms with van der Waals surface area (Å²) < 4.78 is 30.1. The number of benzene rings is 3. The van der Waals surface area contributed by atoms with E-state index in [4.69, 9.17) is 31.5 Å². The zero-order valence-electron chi connectivity index (χ0n) is 17.7. The van der Waals surface area contributed by atoms with Crippen LogP contribution >= 0.6 is 11.6 Å². The van der Waals surface area contributed by atoms with Crippen molar-refractivity contribution in [3.8, 4) is 17.2 Å². The standard InChI is InChI=1S/C24H22ClFN2O5/c1-31-21-12-16(11-17(25)23(21)33-14-22(27)29)24(30)28-19(15-7-3-2-4-8-15)13-32-20-10-6-5-9-18(20)26/h2-12,19H,13-14H2,1H3,(H2,27,29)(H,28,30). The minimum absolute atomic E-state index is 0.0125. The van der Waals surface area contributed by atoms with Gasteiger partial charge in [-0.2, -0.15) is 0 Å². The third-order valence-electron chi connectivity index (χ3n) is 4.60. The van der Waals surface area contributed by atoms with Gasteiger partial charge >= 0.3 is 0 Å². The highest BCUT2D eigenvalue weighted by Crippen LogP contribution is 2.36. The Kier molecular flexibility index (Phi) is 8.10. The lowest BCUT2D eigenvalue weighted by molar-refractivity contribution is -0.119. The number of hydrogen-bond donors (Lipinski definition) is 2. The summed E-state index contributed by atoms with van der Waals surface area (Å²) in [5.74, 6) is -1.32. The molecule has 9 heteroatoms. The number of para-hydroxylation sites is 1. The quantitative estimate of drug-likeness (QED) is 0.466. The van der Waals surface area contributed by atoms with Crippen LogP contribution in [0.25, 0.3) is 0 Å². The average molecular weight is 473 g/mol. The number of carbonyl (C=O) groups excluding carboxylic acids is 2. The largest absolute Gasteiger partial charge is 0.493 e. The molecular formula is C24H22ClFN2O5. The molecule has 0 aliphatic rings. The summed E-state index contributed by atoms with van der Waals surface area (Å²) in [6.07, 6.45) is 0. The van der Waals surface area contributed by atoms with Crippen LogP contribution in [0.2, 0.25) is 5.02 Å². The summed E-state index contributed by atoms with van der Waals surface area (Å²) in [5, 5.41) is 2.94. The number of nitrogens with one attached hydrogen (secondary N) is 1. The highest BCUT2D eigenvalue weighted by molar-refractivity contribution is 6.32. The molecule has 0 aliphatic heterocycles. The van der Waals surface area contributed by atoms with Crippen LogP contribution < -0.4 is 25.3 Å². The molecule has 0 heterocycles. The second kappa shape index (κ2) is 11.2. The Balaban J connectivity index is 1.82. The molecule has 0 fully saturated rings. The van der Waals surface area contributed by atoms with Crippen LogP contribution in [-0.2, 0) is 4.79 Å². The Morgan fingerprint density at radius 1 is 1.03 bits per heavy atom. The van der Waals surface area contributed by atoms with E-state index in [9.17, 15) is 14.0 Å². The average Bonchev–Trinajstić information content (AvgIpc) is 2.81. The number of ether oxygens (including phenoxy) is 3. The minimum Gasteiger partial charge on any atom is -0.493 e. The van der Waals surface area contributed by atoms with E-state index in [-0.39, 0.29) is 34.4 Å². The van der Waals surface area contributed by atoms with Gasteiger partial charge in [-0.1, -0.05) is 54.1 Å². The molecule has 3 aromatic carbocycles. The van der Waals surface area contributed by atoms with Gasteiger partial charge in [0.15, 0.2) is 29.7 Å². The first-order valence-corrected chi connectivity index (χ1v) is 10.3. The van der Waals surface area contributed by atoms with Gasteiger partial charge in [-0.15, -0.1) is 0 Å². The summed E-state index contributed by atoms with van der Waals surface area (Å²) in [4.78, 5) is 24.0. The molecule has 0 bridgehead atoms. The Morgan fingerprint density at radius 2 is 1.73 bits per heavy atom. The van der Waals surface area contributed by atoms with Crippen molar-refractivity contribution < 1.29 is 28.2 Å². The number of primary amides is 1. The zero-order chi connectivity index (χ0) is 23.8. The van der Waals surface area contributed by atoms with Crippen LogP contribution in [0.4, 0.5) is 4.39 Å². The van der Waals surface area contributed by atoms with Gasteiger partial charge in [0.05, 0.1) is 18.2 Å². The lowest BCUT2D eigenvalue weighted by Crippen LogP contribution is -2.32. The van der Waals surface area contributed by atoms with Crippen molar-refractivity contribution in [1.82, 2.24) is 5.32 Å². The van der Waals surface area contributed by atoms with E-state index in [1.165, 1.54) is 31.4 Å². The first kappa shape index (κ1) is 23.9. The lowest BCUT2D eigenvalue weighted by atomic mass is 10.1. The van der Waals surface area contributed by atoms with Crippen LogP contribution in [0.1, 0.15) is 22.0 Å². The third-order valence-corrected chi connectivity index (χ3v) is 4.88. The molecule has 1 unspecified atom stereocenters. The van der Waals surface area contributed by atoms with Gasteiger partial charge in [-0.25, -0.2) is 4.39 Å². The number of halogens is 2. The maximum atomic E-state index is 14.0. The van der Waals surface area contributed by atoms with Crippen LogP contribution in [0.15, 0.2) is 66.7 Å². The van der Waals surface area contributed by atoms with Gasteiger partial charge in [0.2, 0.25) is 0 Å². The Hall–Kier alpha value is -3.78. The molecule has 0 aromatic heterocycles. The van der Waals surface area contributed by atoms with Gasteiger partial charge in [-0.05, 0) is 29.8 Å². The number of methoxy groups -OCH3 is 1. The molecule has 0 saturated carbocycles. The first-order chi connectivity index (χ1) is 15.9. The van der Waals surface area contributed by atoms with Crippen LogP contribution in [0.5, 0.6) is 17.2 Å². The molecule has 0 radical (unpaired) electrons. The molecule has 0 saturated heterocycles. The topological polar surface area (TPSA) is 99.9 Å². The minimum atomic E-state index is -0.685. The monoisotopic (exact) mass is 472 g/mol. The Labute approximate surface area is 195 Å². The number of hydrogen-bond acceptors (Lipinski definition) is 5. The number of nitrogens with two attached hydrogens (primary N) is 1. The molecule has 3 rings (SSSR count). The summed E-state index contributed by atoms with van der Waals surface area (Å²) in [6, 6.07) is 17.4. The van der Waals surface area contributed by atoms with E-state index >= 15 is 0 Å². The summed E-state index contributed by atoms with van der Waals surface area (Å²) >= 11 is 6.25. The Morgan fingerprint density at radius 3 is 2.39 bits per heavy atom. The number of amides is 2. The van der Waals surface area contributed by atoms with Crippen LogP contribution in [0, 0.1) is 5.82 Å². The molecule has 33 heavy (non-hydrogen) atoms. The highest BCUT2D eigenvalue weighted by Gasteiger charge is 2.21. The van der Waals surface area contributed by atoms with E-state index in [1.54, 1.807) is 12.1 Å². The van der Waals surface area contributed by atoms with Gasteiger partial charge in [0, 0.05) is 5.56 Å². The fourth-order valence-corrected chi connectivity index (χ4v) is 3.28. The molecule has 2 amide bonds. The first-order valence-electron chi connectivity index (χ1n) is 9.90. The van der Waals surface area contributed by atoms with Crippen molar-refractivity contribution >= 4 is 23.4 Å². The zero-order valence-corrected chi connectivity index (χ0v) is 18.5. The van der Waals surface area contributed by atoms with E-state index in [1.807, 2.05) is 30.3 Å². The summed E-state index contributed by atoms with van der Waals surface area (Å²) in [7, 11) is 1.37. The molecular weight excluding hydrogens is 451 g/mol. The third kappa shape index (κ3) is 6.36. The predicted octanol–water partition coefficient (Wildman–Crippen LogP) is 3.90. The molecule has 0 aliphatic carbocycles. The van der Waals surface area contributed by atoms with Gasteiger partial charge in [-0.3, -0.25) is 9.59 Å². The van der Waals surface area contributed by atoms with Crippen molar-refractivity contribution in [1.29, 1.82) is 0 Å². The second-order valence-corrected chi connectivity index (χ2v) is 7.33. The predicted molar refractivity (Wildman–Crippen MR) is 121 cm³/mol. The molecule has 172 valence electrons. The smallest absolute Gasteiger partial charge is 0.255 e. The normalized spacial score (nSPS) is 11.4. The number of carbonyl (C=O) groups is 2. The lowest BCUT2D eigenvalue weighted by Gasteiger charge is -2.21. The van der Waals surface area contributed by atoms with E-state index < -0.39 is 30.3 Å². The second-order valence-electron chi connectivity index (χ2n) is 6.92. The molecule has 3 N–H and O–H groups in total. The van der Waals surface area contributed by atoms with Crippen molar-refractivity contribution in [2.45, 2.75) is 6.04 Å². The van der Waals surface area contributed by atoms with Gasteiger partial charge in [0.25, 0.3) is 11.8 Å². The van der Waals surface area contributed by atoms with Crippen molar-refractivity contribution in [3.05, 3.63) is 88.7 Å². The van der Waals surface area contributed by atoms with Crippen LogP contribution in [-0.4, -0.2) is 32.1 Å². The van der Waals surface area contributed by atoms with E-state index in [2.05, 4.69) is 5.32 Å². The number of rotatable bonds is 10. The maximum Gasteiger partial charge on any atom is 0.255 e. The van der Waals surface area contributed by atoms with Gasteiger partial charge < -0.3 is 25.3 Å². The van der Waals surface area contributed by atoms with E-state index in [0.717, 1.165) is 5.56 Å². The molecule has 3 aromatic rings. The van der Waals surface area contributed by atoms with Crippen LogP contribution in [0.3, 0.4) is 0 Å². The highest BCUT2D eigenvalue weighted by atomic mass is 35.5. The Bertz CT molecular complexity index is 1130. The summed E-state index contributed by atoms with van der Waals surface area (Å²) in [5.41, 5.74) is 6.06. The molecule has 7 nitrogen and oxygen atoms in total. The molecule has 1 atom stereocenters. The molecule has 0 spiro atoms. The van der Waals surface area contributed by atoms with Crippen molar-refractivity contribution in [3.63, 3.8) is 0 Å². The summed E-state index contributed by atoms with van der Waals surface area (Å²) in [6.45, 7) is -0.410. The fraction of sp³-hybridized carbons (Fsp3) is 0.167. The van der Waals surface area contributed by atoms with E-state index in [0.29, 0.717) is 0 Å². The van der Waals surface area contributed by atoms with Crippen molar-refractivity contribution in [2.24, 2.45) is 5.73 Å². The fourth-order valence-electron chi connectivity index (χ4n) is 3.02. The SMILES string of the molecule is COc1cc(C(=O)NC(COc2ccccc2F)c2ccccc2)cc(Cl)c1OCC(N)=O. The van der Waals surface area contributed by atoms with Crippen molar-refractivity contribution in [2.75, 3.05) is 20.3 Å². The van der Waals surface area contributed by atoms with Gasteiger partial charge in [0.1, 0.15) is 6.61 Å².